The van der Waals surface area contributed by atoms with E-state index in [1.165, 1.54) is 21.9 Å². The second kappa shape index (κ2) is 12.1. The SMILES string of the molecule is c1cc(-c2ccc(-c3ccc4ccccc4c3)cc2)cc(-c2nc(-c3cccc4oc5ccccc5c34)nc(-c3cccc4oc5ccccc5c34)n2)c1. The van der Waals surface area contributed by atoms with E-state index >= 15 is 0 Å². The molecule has 0 saturated carbocycles. The summed E-state index contributed by atoms with van der Waals surface area (Å²) in [6.45, 7) is 0. The molecule has 0 N–H and O–H groups in total. The number of para-hydroxylation sites is 2. The molecule has 3 aromatic heterocycles. The van der Waals surface area contributed by atoms with E-state index in [1.54, 1.807) is 0 Å². The van der Waals surface area contributed by atoms with Crippen LogP contribution in [-0.2, 0) is 0 Å². The van der Waals surface area contributed by atoms with Crippen LogP contribution in [0.25, 0.3) is 111 Å². The Morgan fingerprint density at radius 1 is 0.296 bits per heavy atom. The molecule has 0 radical (unpaired) electrons. The van der Waals surface area contributed by atoms with Gasteiger partial charge in [0.05, 0.1) is 0 Å². The van der Waals surface area contributed by atoms with Crippen LogP contribution >= 0.6 is 0 Å². The largest absolute Gasteiger partial charge is 0.456 e. The highest BCUT2D eigenvalue weighted by atomic mass is 16.3. The summed E-state index contributed by atoms with van der Waals surface area (Å²) < 4.78 is 12.6. The first-order valence-corrected chi connectivity index (χ1v) is 18.0. The molecule has 0 atom stereocenters. The lowest BCUT2D eigenvalue weighted by atomic mass is 9.97. The minimum Gasteiger partial charge on any atom is -0.456 e. The van der Waals surface area contributed by atoms with E-state index < -0.39 is 0 Å². The smallest absolute Gasteiger partial charge is 0.164 e. The van der Waals surface area contributed by atoms with Crippen molar-refractivity contribution >= 4 is 54.6 Å². The number of aromatic nitrogens is 3. The van der Waals surface area contributed by atoms with Gasteiger partial charge in [0.15, 0.2) is 17.5 Å². The number of hydrogen-bond acceptors (Lipinski definition) is 5. The molecule has 0 aliphatic carbocycles. The first-order valence-electron chi connectivity index (χ1n) is 18.0. The van der Waals surface area contributed by atoms with Gasteiger partial charge in [-0.25, -0.2) is 15.0 Å². The van der Waals surface area contributed by atoms with E-state index in [9.17, 15) is 0 Å². The molecular weight excluding hydrogens is 663 g/mol. The van der Waals surface area contributed by atoms with E-state index in [0.717, 1.165) is 71.7 Å². The molecule has 0 fully saturated rings. The van der Waals surface area contributed by atoms with Crippen LogP contribution < -0.4 is 0 Å². The summed E-state index contributed by atoms with van der Waals surface area (Å²) in [7, 11) is 0. The number of benzene rings is 8. The monoisotopic (exact) mass is 691 g/mol. The van der Waals surface area contributed by atoms with Crippen molar-refractivity contribution in [3.05, 3.63) is 176 Å². The molecule has 0 amide bonds. The summed E-state index contributed by atoms with van der Waals surface area (Å²) in [4.78, 5) is 15.6. The van der Waals surface area contributed by atoms with E-state index in [2.05, 4.69) is 115 Å². The van der Waals surface area contributed by atoms with Crippen molar-refractivity contribution in [2.75, 3.05) is 0 Å². The van der Waals surface area contributed by atoms with Crippen molar-refractivity contribution in [2.24, 2.45) is 0 Å². The molecule has 11 aromatic rings. The molecule has 0 aliphatic heterocycles. The second-order valence-electron chi connectivity index (χ2n) is 13.6. The van der Waals surface area contributed by atoms with Gasteiger partial charge in [-0.3, -0.25) is 0 Å². The molecule has 5 nitrogen and oxygen atoms in total. The predicted octanol–water partition coefficient (Wildman–Crippen LogP) is 13.2. The Balaban J connectivity index is 1.07. The highest BCUT2D eigenvalue weighted by Crippen LogP contribution is 2.39. The summed E-state index contributed by atoms with van der Waals surface area (Å²) in [5.41, 5.74) is 10.4. The Kier molecular flexibility index (Phi) is 6.79. The van der Waals surface area contributed by atoms with Gasteiger partial charge in [0, 0.05) is 38.2 Å². The van der Waals surface area contributed by atoms with Crippen LogP contribution in [0.5, 0.6) is 0 Å². The lowest BCUT2D eigenvalue weighted by Crippen LogP contribution is -2.01. The van der Waals surface area contributed by atoms with Gasteiger partial charge in [-0.15, -0.1) is 0 Å². The normalized spacial score (nSPS) is 11.7. The lowest BCUT2D eigenvalue weighted by molar-refractivity contribution is 0.668. The third kappa shape index (κ3) is 4.98. The van der Waals surface area contributed by atoms with E-state index in [0.29, 0.717) is 17.5 Å². The zero-order valence-electron chi connectivity index (χ0n) is 28.9. The third-order valence-corrected chi connectivity index (χ3v) is 10.3. The van der Waals surface area contributed by atoms with Gasteiger partial charge in [0.25, 0.3) is 0 Å². The molecule has 0 spiro atoms. The van der Waals surface area contributed by atoms with E-state index in [-0.39, 0.29) is 0 Å². The van der Waals surface area contributed by atoms with E-state index in [4.69, 9.17) is 23.8 Å². The van der Waals surface area contributed by atoms with Gasteiger partial charge in [0.1, 0.15) is 22.3 Å². The minimum absolute atomic E-state index is 0.571. The average molecular weight is 692 g/mol. The van der Waals surface area contributed by atoms with Gasteiger partial charge in [0.2, 0.25) is 0 Å². The highest BCUT2D eigenvalue weighted by molar-refractivity contribution is 6.13. The quantitative estimate of drug-likeness (QED) is 0.180. The Hall–Kier alpha value is -7.37. The fourth-order valence-corrected chi connectivity index (χ4v) is 7.73. The molecule has 8 aromatic carbocycles. The molecule has 0 saturated heterocycles. The maximum Gasteiger partial charge on any atom is 0.164 e. The first kappa shape index (κ1) is 30.3. The summed E-state index contributed by atoms with van der Waals surface area (Å²) in [6, 6.07) is 60.6. The fourth-order valence-electron chi connectivity index (χ4n) is 7.73. The van der Waals surface area contributed by atoms with Gasteiger partial charge in [-0.2, -0.15) is 0 Å². The van der Waals surface area contributed by atoms with Crippen molar-refractivity contribution < 1.29 is 8.83 Å². The molecule has 0 unspecified atom stereocenters. The molecule has 3 heterocycles. The van der Waals surface area contributed by atoms with Crippen molar-refractivity contribution in [2.45, 2.75) is 0 Å². The van der Waals surface area contributed by atoms with Crippen molar-refractivity contribution in [3.63, 3.8) is 0 Å². The minimum atomic E-state index is 0.571. The van der Waals surface area contributed by atoms with Crippen LogP contribution in [0.2, 0.25) is 0 Å². The fraction of sp³-hybridized carbons (Fsp3) is 0. The van der Waals surface area contributed by atoms with Crippen LogP contribution in [-0.4, -0.2) is 15.0 Å². The summed E-state index contributed by atoms with van der Waals surface area (Å²) in [6.07, 6.45) is 0. The van der Waals surface area contributed by atoms with E-state index in [1.807, 2.05) is 60.7 Å². The van der Waals surface area contributed by atoms with Gasteiger partial charge in [-0.1, -0.05) is 140 Å². The molecule has 54 heavy (non-hydrogen) atoms. The zero-order valence-corrected chi connectivity index (χ0v) is 28.9. The number of nitrogens with zero attached hydrogens (tertiary/aromatic N) is 3. The van der Waals surface area contributed by atoms with Crippen LogP contribution in [0.4, 0.5) is 0 Å². The Morgan fingerprint density at radius 3 is 1.39 bits per heavy atom. The maximum atomic E-state index is 6.28. The zero-order chi connectivity index (χ0) is 35.6. The van der Waals surface area contributed by atoms with Crippen LogP contribution in [0, 0.1) is 0 Å². The standard InChI is InChI=1S/C49H29N3O2/c1-2-11-33-28-35(27-26-30(33)10-1)32-24-22-31(23-25-32)34-12-7-13-36(29-34)47-50-48(39-16-8-20-43-45(39)37-14-3-5-18-41(37)53-43)52-49(51-47)40-17-9-21-44-46(40)38-15-4-6-19-42(38)54-44/h1-29H. The second-order valence-corrected chi connectivity index (χ2v) is 13.6. The van der Waals surface area contributed by atoms with Gasteiger partial charge < -0.3 is 8.83 Å². The Morgan fingerprint density at radius 2 is 0.759 bits per heavy atom. The van der Waals surface area contributed by atoms with Gasteiger partial charge in [-0.05, 0) is 69.4 Å². The van der Waals surface area contributed by atoms with Crippen molar-refractivity contribution in [1.29, 1.82) is 0 Å². The topological polar surface area (TPSA) is 65.0 Å². The summed E-state index contributed by atoms with van der Waals surface area (Å²) in [5, 5.41) is 6.46. The highest BCUT2D eigenvalue weighted by Gasteiger charge is 2.20. The summed E-state index contributed by atoms with van der Waals surface area (Å²) >= 11 is 0. The Labute approximate surface area is 309 Å². The predicted molar refractivity (Wildman–Crippen MR) is 219 cm³/mol. The number of furan rings is 2. The molecular formula is C49H29N3O2. The molecule has 252 valence electrons. The molecule has 0 aliphatic rings. The Bertz CT molecular complexity index is 3100. The lowest BCUT2D eigenvalue weighted by Gasteiger charge is -2.11. The molecule has 0 bridgehead atoms. The first-order chi connectivity index (χ1) is 26.7. The maximum absolute atomic E-state index is 6.28. The number of fused-ring (bicyclic) bond motifs is 7. The molecule has 5 heteroatoms. The number of hydrogen-bond donors (Lipinski definition) is 0. The summed E-state index contributed by atoms with van der Waals surface area (Å²) in [5.74, 6) is 1.73. The van der Waals surface area contributed by atoms with Crippen LogP contribution in [0.15, 0.2) is 185 Å². The molecule has 11 rings (SSSR count). The van der Waals surface area contributed by atoms with Crippen LogP contribution in [0.1, 0.15) is 0 Å². The average Bonchev–Trinajstić information content (AvgIpc) is 3.82. The third-order valence-electron chi connectivity index (χ3n) is 10.3. The number of rotatable bonds is 5. The van der Waals surface area contributed by atoms with Crippen molar-refractivity contribution in [3.8, 4) is 56.4 Å². The van der Waals surface area contributed by atoms with Crippen molar-refractivity contribution in [1.82, 2.24) is 15.0 Å². The van der Waals surface area contributed by atoms with Crippen LogP contribution in [0.3, 0.4) is 0 Å². The van der Waals surface area contributed by atoms with Gasteiger partial charge >= 0.3 is 0 Å².